The van der Waals surface area contributed by atoms with Gasteiger partial charge in [-0.25, -0.2) is 9.97 Å². The number of carbonyl (C=O) groups is 1. The molecule has 2 heterocycles. The summed E-state index contributed by atoms with van der Waals surface area (Å²) in [4.78, 5) is 22.0. The van der Waals surface area contributed by atoms with Crippen molar-refractivity contribution in [2.75, 3.05) is 6.61 Å². The van der Waals surface area contributed by atoms with Crippen LogP contribution >= 0.6 is 23.1 Å². The van der Waals surface area contributed by atoms with E-state index in [1.807, 2.05) is 25.1 Å². The van der Waals surface area contributed by atoms with Gasteiger partial charge in [-0.05, 0) is 18.9 Å². The zero-order valence-electron chi connectivity index (χ0n) is 15.0. The quantitative estimate of drug-likeness (QED) is 0.219. The lowest BCUT2D eigenvalue weighted by atomic mass is 10.1. The van der Waals surface area contributed by atoms with E-state index >= 15 is 0 Å². The second kappa shape index (κ2) is 9.14. The Kier molecular flexibility index (Phi) is 6.63. The highest BCUT2D eigenvalue weighted by Gasteiger charge is 2.20. The van der Waals surface area contributed by atoms with Gasteiger partial charge < -0.3 is 4.74 Å². The molecule has 26 heavy (non-hydrogen) atoms. The third kappa shape index (κ3) is 4.43. The summed E-state index contributed by atoms with van der Waals surface area (Å²) >= 11 is 3.04. The molecule has 3 rings (SSSR count). The second-order valence-electron chi connectivity index (χ2n) is 6.01. The zero-order chi connectivity index (χ0) is 18.4. The van der Waals surface area contributed by atoms with Gasteiger partial charge in [-0.3, -0.25) is 4.79 Å². The van der Waals surface area contributed by atoms with E-state index in [1.54, 1.807) is 17.7 Å². The molecule has 0 saturated heterocycles. The topological polar surface area (TPSA) is 52.1 Å². The van der Waals surface area contributed by atoms with E-state index in [4.69, 9.17) is 4.74 Å². The molecule has 0 aliphatic heterocycles. The van der Waals surface area contributed by atoms with Crippen molar-refractivity contribution in [3.05, 3.63) is 42.0 Å². The number of nitrogens with zero attached hydrogens (tertiary/aromatic N) is 2. The zero-order valence-corrected chi connectivity index (χ0v) is 16.6. The van der Waals surface area contributed by atoms with Gasteiger partial charge in [0.05, 0.1) is 12.0 Å². The minimum absolute atomic E-state index is 0.186. The molecule has 0 amide bonds. The van der Waals surface area contributed by atoms with Gasteiger partial charge in [0.25, 0.3) is 0 Å². The molecule has 0 unspecified atom stereocenters. The number of thiophene rings is 1. The summed E-state index contributed by atoms with van der Waals surface area (Å²) in [6, 6.07) is 10.2. The average Bonchev–Trinajstić information content (AvgIpc) is 3.11. The lowest BCUT2D eigenvalue weighted by Crippen LogP contribution is -2.17. The molecule has 0 fully saturated rings. The fraction of sp³-hybridized carbons (Fsp3) is 0.350. The summed E-state index contributed by atoms with van der Waals surface area (Å²) in [5, 5.41) is 3.64. The predicted molar refractivity (Wildman–Crippen MR) is 109 cm³/mol. The van der Waals surface area contributed by atoms with E-state index in [9.17, 15) is 4.79 Å². The number of thioether (sulfide) groups is 1. The number of hydrogen-bond acceptors (Lipinski definition) is 6. The van der Waals surface area contributed by atoms with Gasteiger partial charge >= 0.3 is 5.97 Å². The molecule has 2 aromatic heterocycles. The van der Waals surface area contributed by atoms with Crippen LogP contribution in [0.4, 0.5) is 0 Å². The van der Waals surface area contributed by atoms with Crippen LogP contribution in [0.1, 0.15) is 33.1 Å². The lowest BCUT2D eigenvalue weighted by molar-refractivity contribution is -0.142. The van der Waals surface area contributed by atoms with Gasteiger partial charge in [0.1, 0.15) is 21.4 Å². The van der Waals surface area contributed by atoms with E-state index in [2.05, 4.69) is 34.4 Å². The highest BCUT2D eigenvalue weighted by molar-refractivity contribution is 8.00. The van der Waals surface area contributed by atoms with E-state index in [1.165, 1.54) is 11.8 Å². The Hall–Kier alpha value is -1.92. The van der Waals surface area contributed by atoms with Gasteiger partial charge in [0, 0.05) is 10.9 Å². The molecule has 6 heteroatoms. The maximum atomic E-state index is 12.3. The molecule has 1 atom stereocenters. The van der Waals surface area contributed by atoms with Crippen molar-refractivity contribution < 1.29 is 9.53 Å². The Morgan fingerprint density at radius 3 is 2.81 bits per heavy atom. The Bertz CT molecular complexity index is 865. The van der Waals surface area contributed by atoms with Crippen molar-refractivity contribution in [3.63, 3.8) is 0 Å². The summed E-state index contributed by atoms with van der Waals surface area (Å²) in [7, 11) is 0. The average molecular weight is 387 g/mol. The fourth-order valence-electron chi connectivity index (χ4n) is 2.62. The summed E-state index contributed by atoms with van der Waals surface area (Å²) in [5.74, 6) is -0.186. The summed E-state index contributed by atoms with van der Waals surface area (Å²) in [6.45, 7) is 4.49. The molecule has 0 aliphatic rings. The van der Waals surface area contributed by atoms with Crippen LogP contribution in [0.25, 0.3) is 21.3 Å². The number of hydrogen-bond donors (Lipinski definition) is 0. The number of fused-ring (bicyclic) bond motifs is 1. The van der Waals surface area contributed by atoms with Gasteiger partial charge in [0.15, 0.2) is 0 Å². The molecular formula is C20H22N2O2S2. The molecule has 1 aromatic carbocycles. The first-order chi connectivity index (χ1) is 12.7. The number of unbranched alkanes of at least 4 members (excludes halogenated alkanes) is 2. The molecule has 3 aromatic rings. The normalized spacial score (nSPS) is 12.2. The van der Waals surface area contributed by atoms with Crippen molar-refractivity contribution >= 4 is 39.3 Å². The lowest BCUT2D eigenvalue weighted by Gasteiger charge is -2.12. The van der Waals surface area contributed by atoms with Crippen molar-refractivity contribution in [3.8, 4) is 11.1 Å². The van der Waals surface area contributed by atoms with Gasteiger partial charge in [-0.15, -0.1) is 11.3 Å². The minimum Gasteiger partial charge on any atom is -0.465 e. The van der Waals surface area contributed by atoms with Gasteiger partial charge in [-0.1, -0.05) is 61.9 Å². The monoisotopic (exact) mass is 386 g/mol. The van der Waals surface area contributed by atoms with E-state index in [-0.39, 0.29) is 11.2 Å². The summed E-state index contributed by atoms with van der Waals surface area (Å²) < 4.78 is 5.39. The van der Waals surface area contributed by atoms with Gasteiger partial charge in [0.2, 0.25) is 0 Å². The molecule has 0 spiro atoms. The van der Waals surface area contributed by atoms with Crippen LogP contribution in [-0.2, 0) is 9.53 Å². The first-order valence-electron chi connectivity index (χ1n) is 8.81. The van der Waals surface area contributed by atoms with E-state index < -0.39 is 0 Å². The van der Waals surface area contributed by atoms with Crippen molar-refractivity contribution in [1.82, 2.24) is 9.97 Å². The number of benzene rings is 1. The maximum absolute atomic E-state index is 12.3. The highest BCUT2D eigenvalue weighted by Crippen LogP contribution is 2.38. The van der Waals surface area contributed by atoms with E-state index in [0.717, 1.165) is 45.6 Å². The Labute approximate surface area is 162 Å². The van der Waals surface area contributed by atoms with Gasteiger partial charge in [-0.2, -0.15) is 0 Å². The molecule has 0 saturated carbocycles. The molecule has 0 bridgehead atoms. The third-order valence-corrected chi connectivity index (χ3v) is 6.00. The standard InChI is InChI=1S/C20H22N2O2S2/c1-3-4-8-11-24-20(23)14(2)26-19-17-16(15-9-6-5-7-10-15)12-25-18(17)21-13-22-19/h5-7,9-10,12-14H,3-4,8,11H2,1-2H3/t14-/m1/s1. The number of esters is 1. The number of ether oxygens (including phenoxy) is 1. The number of carbonyl (C=O) groups excluding carboxylic acids is 1. The van der Waals surface area contributed by atoms with Crippen molar-refractivity contribution in [2.45, 2.75) is 43.4 Å². The highest BCUT2D eigenvalue weighted by atomic mass is 32.2. The van der Waals surface area contributed by atoms with Crippen LogP contribution in [0.15, 0.2) is 47.1 Å². The Morgan fingerprint density at radius 2 is 2.04 bits per heavy atom. The molecule has 0 radical (unpaired) electrons. The Balaban J connectivity index is 1.80. The van der Waals surface area contributed by atoms with Crippen molar-refractivity contribution in [1.29, 1.82) is 0 Å². The van der Waals surface area contributed by atoms with Crippen LogP contribution in [0, 0.1) is 0 Å². The van der Waals surface area contributed by atoms with Crippen LogP contribution in [0.5, 0.6) is 0 Å². The third-order valence-electron chi connectivity index (χ3n) is 4.03. The largest absolute Gasteiger partial charge is 0.465 e. The van der Waals surface area contributed by atoms with Crippen molar-refractivity contribution in [2.24, 2.45) is 0 Å². The Morgan fingerprint density at radius 1 is 1.23 bits per heavy atom. The maximum Gasteiger partial charge on any atom is 0.319 e. The smallest absolute Gasteiger partial charge is 0.319 e. The van der Waals surface area contributed by atoms with Crippen LogP contribution in [-0.4, -0.2) is 27.8 Å². The SMILES string of the molecule is CCCCCOC(=O)[C@@H](C)Sc1ncnc2scc(-c3ccccc3)c12. The molecule has 136 valence electrons. The van der Waals surface area contributed by atoms with Crippen LogP contribution in [0.2, 0.25) is 0 Å². The first-order valence-corrected chi connectivity index (χ1v) is 10.6. The fourth-order valence-corrected chi connectivity index (χ4v) is 4.54. The predicted octanol–water partition coefficient (Wildman–Crippen LogP) is 5.57. The number of aromatic nitrogens is 2. The van der Waals surface area contributed by atoms with E-state index in [0.29, 0.717) is 6.61 Å². The molecule has 0 N–H and O–H groups in total. The minimum atomic E-state index is -0.307. The van der Waals surface area contributed by atoms with Crippen LogP contribution < -0.4 is 0 Å². The number of rotatable bonds is 8. The molecular weight excluding hydrogens is 364 g/mol. The second-order valence-corrected chi connectivity index (χ2v) is 8.20. The van der Waals surface area contributed by atoms with Crippen LogP contribution in [0.3, 0.4) is 0 Å². The molecule has 0 aliphatic carbocycles. The summed E-state index contributed by atoms with van der Waals surface area (Å²) in [6.07, 6.45) is 4.67. The molecule has 4 nitrogen and oxygen atoms in total. The first kappa shape index (κ1) is 18.9. The summed E-state index contributed by atoms with van der Waals surface area (Å²) in [5.41, 5.74) is 2.24.